The Labute approximate surface area is 333 Å². The second-order valence-electron chi connectivity index (χ2n) is 14.7. The lowest BCUT2D eigenvalue weighted by atomic mass is 9.87. The monoisotopic (exact) mass is 819 g/mol. The standard InChI is InChI=1S/C40H70NO14P/c1-3-5-7-8-9-10-11-12-13-14-16-22-39(47)55-32(28-53-56(50,51)54-29-35(41)40(48)49)27-52-38(46)21-18-17-20-31(43)25-34-33(36(44)26-37(34)45)24-23-30(42)19-15-6-4-2/h8-9,23-24,30,32-37,42,44-45H,3-7,10-22,25-29,41H2,1-2H3,(H,48,49)(H,50,51)/b9-8-,24-23+/t30-,32+,33+,34+,35-,36+,37-/m0/s1. The molecule has 15 nitrogen and oxygen atoms in total. The number of rotatable bonds is 34. The van der Waals surface area contributed by atoms with Gasteiger partial charge in [0.25, 0.3) is 0 Å². The van der Waals surface area contributed by atoms with E-state index in [0.717, 1.165) is 57.8 Å². The quantitative estimate of drug-likeness (QED) is 0.0193. The zero-order valence-electron chi connectivity index (χ0n) is 33.5. The van der Waals surface area contributed by atoms with Gasteiger partial charge in [-0.1, -0.05) is 89.5 Å². The first kappa shape index (κ1) is 51.5. The third-order valence-corrected chi connectivity index (χ3v) is 10.6. The predicted molar refractivity (Wildman–Crippen MR) is 210 cm³/mol. The summed E-state index contributed by atoms with van der Waals surface area (Å²) in [7, 11) is -4.80. The largest absolute Gasteiger partial charge is 0.480 e. The summed E-state index contributed by atoms with van der Waals surface area (Å²) in [4.78, 5) is 58.8. The van der Waals surface area contributed by atoms with Gasteiger partial charge < -0.3 is 40.5 Å². The summed E-state index contributed by atoms with van der Waals surface area (Å²) >= 11 is 0. The number of nitrogens with two attached hydrogens (primary N) is 1. The van der Waals surface area contributed by atoms with Crippen LogP contribution in [-0.4, -0.2) is 99.3 Å². The number of aliphatic carboxylic acids is 1. The number of allylic oxidation sites excluding steroid dienone is 2. The number of carboxylic acid groups (broad SMARTS) is 1. The van der Waals surface area contributed by atoms with Gasteiger partial charge >= 0.3 is 25.7 Å². The molecule has 1 aliphatic rings. The molecule has 0 spiro atoms. The molecular formula is C40H70NO14P. The lowest BCUT2D eigenvalue weighted by Crippen LogP contribution is -2.34. The van der Waals surface area contributed by atoms with Gasteiger partial charge in [-0.3, -0.25) is 28.2 Å². The van der Waals surface area contributed by atoms with Crippen molar-refractivity contribution in [1.82, 2.24) is 0 Å². The van der Waals surface area contributed by atoms with Gasteiger partial charge in [0, 0.05) is 43.9 Å². The maximum atomic E-state index is 12.8. The lowest BCUT2D eigenvalue weighted by Gasteiger charge is -2.20. The first-order chi connectivity index (χ1) is 26.7. The topological polar surface area (TPSA) is 249 Å². The van der Waals surface area contributed by atoms with Crippen LogP contribution in [0.3, 0.4) is 0 Å². The Balaban J connectivity index is 2.56. The van der Waals surface area contributed by atoms with E-state index in [1.807, 2.05) is 0 Å². The molecule has 0 saturated heterocycles. The number of carbonyl (C=O) groups excluding carboxylic acids is 3. The number of hydrogen-bond donors (Lipinski definition) is 6. The number of aliphatic hydroxyl groups is 3. The molecule has 0 heterocycles. The fourth-order valence-electron chi connectivity index (χ4n) is 6.28. The van der Waals surface area contributed by atoms with Crippen LogP contribution in [-0.2, 0) is 42.3 Å². The van der Waals surface area contributed by atoms with Crippen LogP contribution in [0, 0.1) is 11.8 Å². The van der Waals surface area contributed by atoms with Crippen molar-refractivity contribution < 1.29 is 67.6 Å². The van der Waals surface area contributed by atoms with E-state index in [0.29, 0.717) is 25.7 Å². The number of ketones is 1. The Morgan fingerprint density at radius 1 is 0.786 bits per heavy atom. The molecule has 8 atom stereocenters. The van der Waals surface area contributed by atoms with Gasteiger partial charge in [0.2, 0.25) is 0 Å². The van der Waals surface area contributed by atoms with E-state index in [1.165, 1.54) is 12.8 Å². The maximum Gasteiger partial charge on any atom is 0.472 e. The highest BCUT2D eigenvalue weighted by molar-refractivity contribution is 7.47. The van der Waals surface area contributed by atoms with Crippen LogP contribution in [0.4, 0.5) is 0 Å². The zero-order valence-corrected chi connectivity index (χ0v) is 34.4. The minimum absolute atomic E-state index is 0.0497. The number of carboxylic acids is 1. The number of carbonyl (C=O) groups is 4. The average molecular weight is 820 g/mol. The summed E-state index contributed by atoms with van der Waals surface area (Å²) in [6, 6.07) is -1.58. The molecule has 0 aromatic heterocycles. The highest BCUT2D eigenvalue weighted by Crippen LogP contribution is 2.43. The molecule has 0 radical (unpaired) electrons. The highest BCUT2D eigenvalue weighted by Gasteiger charge is 2.41. The van der Waals surface area contributed by atoms with Gasteiger partial charge in [-0.2, -0.15) is 0 Å². The van der Waals surface area contributed by atoms with Crippen molar-refractivity contribution in [3.05, 3.63) is 24.3 Å². The Morgan fingerprint density at radius 3 is 2.09 bits per heavy atom. The van der Waals surface area contributed by atoms with E-state index < -0.39 is 87.8 Å². The molecule has 1 aliphatic carbocycles. The van der Waals surface area contributed by atoms with Gasteiger partial charge in [-0.25, -0.2) is 4.57 Å². The fourth-order valence-corrected chi connectivity index (χ4v) is 7.05. The fraction of sp³-hybridized carbons (Fsp3) is 0.800. The average Bonchev–Trinajstić information content (AvgIpc) is 3.41. The van der Waals surface area contributed by atoms with Gasteiger partial charge in [-0.15, -0.1) is 0 Å². The SMILES string of the molecule is CCCC/C=C\CCCCCCCC(=O)O[C@H](COC(=O)CCCCC(=O)C[C@@H]1[C@@H](/C=C/[C@@H](O)CCCCC)[C@H](O)C[C@@H]1O)COP(=O)(O)OC[C@H](N)C(=O)O. The number of aliphatic hydroxyl groups excluding tert-OH is 3. The van der Waals surface area contributed by atoms with Crippen LogP contribution >= 0.6 is 7.82 Å². The molecule has 0 aliphatic heterocycles. The molecule has 0 amide bonds. The second-order valence-corrected chi connectivity index (χ2v) is 16.2. The summed E-state index contributed by atoms with van der Waals surface area (Å²) in [5, 5.41) is 40.1. The number of hydrogen-bond acceptors (Lipinski definition) is 13. The van der Waals surface area contributed by atoms with Crippen molar-refractivity contribution in [2.45, 2.75) is 173 Å². The number of phosphoric acid groups is 1. The van der Waals surface area contributed by atoms with E-state index in [9.17, 15) is 44.0 Å². The van der Waals surface area contributed by atoms with Gasteiger partial charge in [0.05, 0.1) is 31.5 Å². The maximum absolute atomic E-state index is 12.8. The lowest BCUT2D eigenvalue weighted by molar-refractivity contribution is -0.161. The number of Topliss-reactive ketones (excluding diaryl/α,β-unsaturated/α-hetero) is 1. The minimum atomic E-state index is -4.80. The third kappa shape index (κ3) is 25.0. The van der Waals surface area contributed by atoms with Crippen molar-refractivity contribution in [1.29, 1.82) is 0 Å². The molecule has 1 saturated carbocycles. The molecule has 0 aromatic carbocycles. The zero-order chi connectivity index (χ0) is 41.8. The smallest absolute Gasteiger partial charge is 0.472 e. The van der Waals surface area contributed by atoms with Crippen LogP contribution in [0.2, 0.25) is 0 Å². The summed E-state index contributed by atoms with van der Waals surface area (Å²) in [5.41, 5.74) is 5.31. The molecule has 16 heteroatoms. The van der Waals surface area contributed by atoms with E-state index in [4.69, 9.17) is 24.8 Å². The number of esters is 2. The summed E-state index contributed by atoms with van der Waals surface area (Å²) in [6.07, 6.45) is 17.6. The number of ether oxygens (including phenoxy) is 2. The molecule has 1 unspecified atom stereocenters. The Kier molecular flexibility index (Phi) is 28.1. The predicted octanol–water partition coefficient (Wildman–Crippen LogP) is 5.84. The van der Waals surface area contributed by atoms with E-state index in [2.05, 4.69) is 30.5 Å². The Morgan fingerprint density at radius 2 is 1.39 bits per heavy atom. The summed E-state index contributed by atoms with van der Waals surface area (Å²) in [5.74, 6) is -3.80. The van der Waals surface area contributed by atoms with E-state index >= 15 is 0 Å². The van der Waals surface area contributed by atoms with E-state index in [-0.39, 0.29) is 37.9 Å². The van der Waals surface area contributed by atoms with Crippen molar-refractivity contribution in [2.75, 3.05) is 19.8 Å². The van der Waals surface area contributed by atoms with Crippen molar-refractivity contribution in [3.63, 3.8) is 0 Å². The van der Waals surface area contributed by atoms with Crippen LogP contribution < -0.4 is 5.73 Å². The molecule has 1 rings (SSSR count). The molecule has 1 fully saturated rings. The second kappa shape index (κ2) is 30.6. The Hall–Kier alpha value is -2.49. The van der Waals surface area contributed by atoms with Crippen LogP contribution in [0.25, 0.3) is 0 Å². The number of phosphoric ester groups is 1. The molecule has 324 valence electrons. The first-order valence-corrected chi connectivity index (χ1v) is 22.0. The van der Waals surface area contributed by atoms with E-state index in [1.54, 1.807) is 12.2 Å². The Bertz CT molecular complexity index is 1230. The molecule has 7 N–H and O–H groups in total. The van der Waals surface area contributed by atoms with Crippen LogP contribution in [0.1, 0.15) is 142 Å². The minimum Gasteiger partial charge on any atom is -0.480 e. The highest BCUT2D eigenvalue weighted by atomic mass is 31.2. The van der Waals surface area contributed by atoms with Gasteiger partial charge in [-0.05, 0) is 44.9 Å². The summed E-state index contributed by atoms with van der Waals surface area (Å²) < 4.78 is 32.5. The molecule has 56 heavy (non-hydrogen) atoms. The molecule has 0 aromatic rings. The molecule has 0 bridgehead atoms. The molecular weight excluding hydrogens is 749 g/mol. The van der Waals surface area contributed by atoms with Crippen LogP contribution in [0.5, 0.6) is 0 Å². The third-order valence-electron chi connectivity index (χ3n) is 9.65. The number of unbranched alkanes of at least 4 members (excludes halogenated alkanes) is 10. The van der Waals surface area contributed by atoms with Crippen molar-refractivity contribution in [2.24, 2.45) is 17.6 Å². The normalized spacial score (nSPS) is 21.2. The first-order valence-electron chi connectivity index (χ1n) is 20.5. The van der Waals surface area contributed by atoms with Crippen molar-refractivity contribution in [3.8, 4) is 0 Å². The summed E-state index contributed by atoms with van der Waals surface area (Å²) in [6.45, 7) is 2.24. The van der Waals surface area contributed by atoms with Gasteiger partial charge in [0.1, 0.15) is 18.4 Å². The van der Waals surface area contributed by atoms with Crippen LogP contribution in [0.15, 0.2) is 24.3 Å². The van der Waals surface area contributed by atoms with Crippen molar-refractivity contribution >= 4 is 31.5 Å². The van der Waals surface area contributed by atoms with Gasteiger partial charge in [0.15, 0.2) is 6.10 Å².